The molecule has 0 spiro atoms. The van der Waals surface area contributed by atoms with Crippen LogP contribution in [0.25, 0.3) is 0 Å². The number of amides is 1. The lowest BCUT2D eigenvalue weighted by molar-refractivity contribution is -0.320. The molecule has 0 unspecified atom stereocenters. The van der Waals surface area contributed by atoms with Crippen LogP contribution in [-0.4, -0.2) is 187 Å². The average Bonchev–Trinajstić information content (AvgIpc) is 3.26. The number of methoxy groups -OCH3 is 2. The predicted octanol–water partition coefficient (Wildman–Crippen LogP) is 2.74. The number of rotatable bonds is 17. The summed E-state index contributed by atoms with van der Waals surface area (Å²) in [5.41, 5.74) is 1.47. The van der Waals surface area contributed by atoms with Crippen LogP contribution in [0.4, 0.5) is 0 Å². The summed E-state index contributed by atoms with van der Waals surface area (Å²) in [6, 6.07) is -1.29. The van der Waals surface area contributed by atoms with Gasteiger partial charge in [0.25, 0.3) is 0 Å². The fraction of sp³-hybridized carbons (Fsp3) is 0.936. The Morgan fingerprint density at radius 2 is 1.52 bits per heavy atom. The number of likely N-dealkylation sites (N-methyl/N-ethyl adjacent to an activating group) is 1. The van der Waals surface area contributed by atoms with Gasteiger partial charge in [-0.1, -0.05) is 34.6 Å². The van der Waals surface area contributed by atoms with E-state index in [2.05, 4.69) is 15.1 Å². The summed E-state index contributed by atoms with van der Waals surface area (Å²) in [6.45, 7) is 24.6. The Morgan fingerprint density at radius 3 is 2.09 bits per heavy atom. The van der Waals surface area contributed by atoms with E-state index in [-0.39, 0.29) is 43.8 Å². The molecule has 0 aromatic heterocycles. The Hall–Kier alpha value is -2.07. The third kappa shape index (κ3) is 14.3. The molecule has 0 bridgehead atoms. The van der Waals surface area contributed by atoms with Gasteiger partial charge in [0.1, 0.15) is 29.5 Å². The molecule has 6 N–H and O–H groups in total. The third-order valence-corrected chi connectivity index (χ3v) is 14.5. The van der Waals surface area contributed by atoms with Crippen molar-refractivity contribution in [2.45, 2.75) is 212 Å². The number of aliphatic hydroxyl groups is 3. The van der Waals surface area contributed by atoms with Crippen LogP contribution >= 0.6 is 0 Å². The zero-order valence-corrected chi connectivity index (χ0v) is 42.2. The third-order valence-electron chi connectivity index (χ3n) is 14.5. The molecule has 0 saturated carbocycles. The first-order chi connectivity index (χ1) is 30.4. The van der Waals surface area contributed by atoms with Crippen LogP contribution in [0.2, 0.25) is 0 Å². The molecule has 18 atom stereocenters. The monoisotopic (exact) mass is 933 g/mol. The lowest BCUT2D eigenvalue weighted by Gasteiger charge is -2.50. The largest absolute Gasteiger partial charge is 0.459 e. The van der Waals surface area contributed by atoms with Crippen LogP contribution in [0.3, 0.4) is 0 Å². The highest BCUT2D eigenvalue weighted by atomic mass is 16.7. The first kappa shape index (κ1) is 57.2. The smallest absolute Gasteiger partial charge is 0.311 e. The van der Waals surface area contributed by atoms with Gasteiger partial charge in [0.15, 0.2) is 18.7 Å². The zero-order valence-electron chi connectivity index (χ0n) is 42.2. The first-order valence-corrected chi connectivity index (χ1v) is 24.0. The highest BCUT2D eigenvalue weighted by Gasteiger charge is 2.54. The van der Waals surface area contributed by atoms with Crippen molar-refractivity contribution in [3.05, 3.63) is 0 Å². The van der Waals surface area contributed by atoms with Gasteiger partial charge in [-0.2, -0.15) is 0 Å². The molecular formula is C47H88N4O14. The molecule has 0 radical (unpaired) electrons. The van der Waals surface area contributed by atoms with E-state index in [1.807, 2.05) is 41.7 Å². The van der Waals surface area contributed by atoms with E-state index in [9.17, 15) is 29.7 Å². The first-order valence-electron chi connectivity index (χ1n) is 24.0. The van der Waals surface area contributed by atoms with Gasteiger partial charge in [-0.3, -0.25) is 14.4 Å². The van der Waals surface area contributed by atoms with Crippen molar-refractivity contribution in [2.24, 2.45) is 23.5 Å². The fourth-order valence-electron chi connectivity index (χ4n) is 10.0. The van der Waals surface area contributed by atoms with Crippen LogP contribution < -0.4 is 11.1 Å². The Bertz CT molecular complexity index is 1490. The molecule has 18 nitrogen and oxygen atoms in total. The Kier molecular flexibility index (Phi) is 22.0. The van der Waals surface area contributed by atoms with Crippen LogP contribution in [0.5, 0.6) is 0 Å². The molecule has 0 aliphatic carbocycles. The molecule has 0 aromatic rings. The van der Waals surface area contributed by atoms with Crippen molar-refractivity contribution < 1.29 is 67.6 Å². The number of nitrogens with two attached hydrogens (primary N) is 1. The maximum atomic E-state index is 14.6. The minimum Gasteiger partial charge on any atom is -0.459 e. The van der Waals surface area contributed by atoms with Gasteiger partial charge in [0.05, 0.1) is 48.4 Å². The summed E-state index contributed by atoms with van der Waals surface area (Å²) in [7, 11) is 4.97. The molecule has 0 aromatic carbocycles. The standard InChI is InChI=1S/C47H88N4O14/c1-16-34-47(12,57)39(54)31(8)49-42(55)27(4)25-45(10,58-14)40(65-44-37(53)33(24-28(5)60-44)50(13)22-19-21-48)29(6)38(30(7)43(56)62-34)64-36-26-46(11,59-15)41(32(9)61-36)63-35(52)20-23-51(17-2)18-3/h27-34,36-41,44,53-54,57H,16-26,48H2,1-15H3,(H,49,55)/t27-,28-,29+,30-,31-,32+,33+,34-,36+,37-,38+,39+,40-,41+,44+,45-,46-,47-/m1/s1. The highest BCUT2D eigenvalue weighted by Crippen LogP contribution is 2.41. The van der Waals surface area contributed by atoms with Gasteiger partial charge < -0.3 is 74.1 Å². The second kappa shape index (κ2) is 25.0. The maximum Gasteiger partial charge on any atom is 0.311 e. The van der Waals surface area contributed by atoms with Crippen LogP contribution in [0.15, 0.2) is 0 Å². The summed E-state index contributed by atoms with van der Waals surface area (Å²) in [5, 5.41) is 38.1. The summed E-state index contributed by atoms with van der Waals surface area (Å²) in [6.07, 6.45) is -8.24. The number of cyclic esters (lactones) is 1. The van der Waals surface area contributed by atoms with E-state index < -0.39 is 108 Å². The van der Waals surface area contributed by atoms with E-state index in [1.165, 1.54) is 21.1 Å². The topological polar surface area (TPSA) is 230 Å². The Morgan fingerprint density at radius 1 is 0.908 bits per heavy atom. The number of hydrogen-bond acceptors (Lipinski definition) is 17. The summed E-state index contributed by atoms with van der Waals surface area (Å²) in [5.74, 6) is -4.14. The second-order valence-corrected chi connectivity index (χ2v) is 19.6. The quantitative estimate of drug-likeness (QED) is 0.132. The predicted molar refractivity (Wildman–Crippen MR) is 243 cm³/mol. The molecule has 1 amide bonds. The highest BCUT2D eigenvalue weighted by molar-refractivity contribution is 5.78. The summed E-state index contributed by atoms with van der Waals surface area (Å²) >= 11 is 0. The van der Waals surface area contributed by atoms with Crippen LogP contribution in [0.1, 0.15) is 122 Å². The lowest BCUT2D eigenvalue weighted by Crippen LogP contribution is -2.61. The van der Waals surface area contributed by atoms with Crippen molar-refractivity contribution in [1.82, 2.24) is 15.1 Å². The van der Waals surface area contributed by atoms with E-state index in [1.54, 1.807) is 41.5 Å². The van der Waals surface area contributed by atoms with Gasteiger partial charge >= 0.3 is 11.9 Å². The van der Waals surface area contributed by atoms with Gasteiger partial charge in [0.2, 0.25) is 5.91 Å². The molecule has 65 heavy (non-hydrogen) atoms. The summed E-state index contributed by atoms with van der Waals surface area (Å²) < 4.78 is 51.4. The number of nitrogens with zero attached hydrogens (tertiary/aromatic N) is 2. The van der Waals surface area contributed by atoms with E-state index in [4.69, 9.17) is 43.6 Å². The lowest BCUT2D eigenvalue weighted by atomic mass is 9.77. The van der Waals surface area contributed by atoms with Crippen molar-refractivity contribution in [3.8, 4) is 0 Å². The van der Waals surface area contributed by atoms with E-state index >= 15 is 0 Å². The number of ether oxygens (including phenoxy) is 8. The van der Waals surface area contributed by atoms with Gasteiger partial charge in [0, 0.05) is 45.1 Å². The van der Waals surface area contributed by atoms with Crippen molar-refractivity contribution in [1.29, 1.82) is 0 Å². The molecule has 3 fully saturated rings. The average molecular weight is 933 g/mol. The maximum absolute atomic E-state index is 14.6. The van der Waals surface area contributed by atoms with E-state index in [0.717, 1.165) is 19.5 Å². The Labute approximate surface area is 389 Å². The second-order valence-electron chi connectivity index (χ2n) is 19.6. The molecular weight excluding hydrogens is 845 g/mol. The normalized spacial score (nSPS) is 41.6. The number of esters is 2. The van der Waals surface area contributed by atoms with E-state index in [0.29, 0.717) is 26.1 Å². The SMILES string of the molecule is CC[C@H]1OC(=O)[C@H](C)[C@@H](O[C@H]2C[C@@](C)(OC)[C@@H](OC(=O)CCN(CC)CC)[C@H](C)O2)[C@H](C)[C@@H](O[C@@H]2O[C@H](C)C[C@H](N(C)CCCN)[C@H]2O)[C@](C)(OC)C[C@@H](C)C(=O)N[C@H](C)[C@H](O)[C@]1(C)O. The van der Waals surface area contributed by atoms with Gasteiger partial charge in [-0.05, 0) is 107 Å². The molecule has 3 saturated heterocycles. The van der Waals surface area contributed by atoms with Gasteiger partial charge in [-0.25, -0.2) is 0 Å². The molecule has 3 aliphatic heterocycles. The molecule has 3 rings (SSSR count). The number of nitrogens with one attached hydrogen (secondary N) is 1. The minimum absolute atomic E-state index is 0.0743. The Balaban J connectivity index is 2.18. The molecule has 18 heteroatoms. The van der Waals surface area contributed by atoms with Crippen LogP contribution in [-0.2, 0) is 52.3 Å². The molecule has 380 valence electrons. The number of carbonyl (C=O) groups is 3. The van der Waals surface area contributed by atoms with Crippen molar-refractivity contribution in [3.63, 3.8) is 0 Å². The van der Waals surface area contributed by atoms with Crippen molar-refractivity contribution in [2.75, 3.05) is 54.0 Å². The number of aliphatic hydroxyl groups excluding tert-OH is 2. The zero-order chi connectivity index (χ0) is 49.2. The molecule has 3 heterocycles. The van der Waals surface area contributed by atoms with Gasteiger partial charge in [-0.15, -0.1) is 0 Å². The molecule has 3 aliphatic rings. The van der Waals surface area contributed by atoms with Crippen LogP contribution in [0, 0.1) is 17.8 Å². The van der Waals surface area contributed by atoms with Crippen molar-refractivity contribution >= 4 is 17.8 Å². The number of hydrogen-bond donors (Lipinski definition) is 5. The fourth-order valence-corrected chi connectivity index (χ4v) is 10.0. The summed E-state index contributed by atoms with van der Waals surface area (Å²) in [4.78, 5) is 45.9. The minimum atomic E-state index is -1.98. The number of carbonyl (C=O) groups excluding carboxylic acids is 3.